The Morgan fingerprint density at radius 2 is 2.22 bits per heavy atom. The summed E-state index contributed by atoms with van der Waals surface area (Å²) in [5, 5.41) is 22.1. The van der Waals surface area contributed by atoms with Crippen molar-refractivity contribution in [1.29, 1.82) is 0 Å². The number of likely N-dealkylation sites (tertiary alicyclic amines) is 1. The van der Waals surface area contributed by atoms with Gasteiger partial charge in [0, 0.05) is 19.1 Å². The van der Waals surface area contributed by atoms with Gasteiger partial charge in [-0.05, 0) is 38.8 Å². The van der Waals surface area contributed by atoms with E-state index in [2.05, 4.69) is 24.1 Å². The molecule has 0 saturated carbocycles. The van der Waals surface area contributed by atoms with Crippen LogP contribution >= 0.6 is 0 Å². The molecule has 0 aromatic rings. The van der Waals surface area contributed by atoms with Gasteiger partial charge in [0.15, 0.2) is 5.60 Å². The molecule has 1 heterocycles. The molecule has 3 N–H and O–H groups in total. The number of nitrogens with one attached hydrogen (secondary N) is 1. The first-order valence-corrected chi connectivity index (χ1v) is 6.73. The number of aliphatic hydroxyl groups is 1. The van der Waals surface area contributed by atoms with Gasteiger partial charge < -0.3 is 15.5 Å². The van der Waals surface area contributed by atoms with E-state index < -0.39 is 11.6 Å². The Morgan fingerprint density at radius 3 is 2.78 bits per heavy atom. The first kappa shape index (κ1) is 15.4. The zero-order valence-electron chi connectivity index (χ0n) is 11.6. The average molecular weight is 258 g/mol. The average Bonchev–Trinajstić information content (AvgIpc) is 2.26. The van der Waals surface area contributed by atoms with Gasteiger partial charge in [-0.1, -0.05) is 13.8 Å². The van der Waals surface area contributed by atoms with Gasteiger partial charge in [-0.2, -0.15) is 0 Å². The minimum absolute atomic E-state index is 0.209. The van der Waals surface area contributed by atoms with E-state index in [-0.39, 0.29) is 6.54 Å². The van der Waals surface area contributed by atoms with Crippen LogP contribution in [0, 0.1) is 5.92 Å². The van der Waals surface area contributed by atoms with Crippen molar-refractivity contribution in [1.82, 2.24) is 10.2 Å². The molecule has 0 radical (unpaired) electrons. The summed E-state index contributed by atoms with van der Waals surface area (Å²) in [5.74, 6) is -0.601. The van der Waals surface area contributed by atoms with E-state index in [1.807, 2.05) is 0 Å². The van der Waals surface area contributed by atoms with Crippen LogP contribution in [0.5, 0.6) is 0 Å². The minimum atomic E-state index is -1.65. The molecule has 1 aliphatic heterocycles. The predicted molar refractivity (Wildman–Crippen MR) is 70.6 cm³/mol. The highest BCUT2D eigenvalue weighted by Gasteiger charge is 2.33. The zero-order valence-corrected chi connectivity index (χ0v) is 11.6. The zero-order chi connectivity index (χ0) is 13.8. The Kier molecular flexibility index (Phi) is 5.56. The lowest BCUT2D eigenvalue weighted by atomic mass is 9.96. The quantitative estimate of drug-likeness (QED) is 0.648. The Balaban J connectivity index is 2.41. The Bertz CT molecular complexity index is 279. The van der Waals surface area contributed by atoms with Crippen LogP contribution in [0.4, 0.5) is 0 Å². The van der Waals surface area contributed by atoms with Crippen molar-refractivity contribution >= 4 is 5.97 Å². The summed E-state index contributed by atoms with van der Waals surface area (Å²) in [5.41, 5.74) is -1.65. The highest BCUT2D eigenvalue weighted by Crippen LogP contribution is 2.18. The Morgan fingerprint density at radius 1 is 1.56 bits per heavy atom. The third-order valence-corrected chi connectivity index (χ3v) is 3.41. The van der Waals surface area contributed by atoms with Crippen LogP contribution < -0.4 is 5.32 Å². The third kappa shape index (κ3) is 4.92. The second-order valence-corrected chi connectivity index (χ2v) is 5.89. The molecular weight excluding hydrogens is 232 g/mol. The molecule has 0 amide bonds. The van der Waals surface area contributed by atoms with E-state index in [1.54, 1.807) is 0 Å². The summed E-state index contributed by atoms with van der Waals surface area (Å²) >= 11 is 0. The van der Waals surface area contributed by atoms with Gasteiger partial charge in [-0.3, -0.25) is 4.90 Å². The van der Waals surface area contributed by atoms with Crippen molar-refractivity contribution in [2.45, 2.75) is 45.3 Å². The standard InChI is InChI=1S/C13H26N2O3/c1-10(2)14-7-11-5-4-6-15(8-11)9-13(3,18)12(16)17/h10-11,14,18H,4-9H2,1-3H3,(H,16,17). The van der Waals surface area contributed by atoms with Gasteiger partial charge >= 0.3 is 5.97 Å². The highest BCUT2D eigenvalue weighted by molar-refractivity contribution is 5.76. The molecule has 1 rings (SSSR count). The molecule has 18 heavy (non-hydrogen) atoms. The normalized spacial score (nSPS) is 25.1. The number of carboxylic acids is 1. The molecule has 0 bridgehead atoms. The van der Waals surface area contributed by atoms with Crippen molar-refractivity contribution in [3.8, 4) is 0 Å². The monoisotopic (exact) mass is 258 g/mol. The van der Waals surface area contributed by atoms with Gasteiger partial charge in [-0.15, -0.1) is 0 Å². The fourth-order valence-electron chi connectivity index (χ4n) is 2.37. The largest absolute Gasteiger partial charge is 0.479 e. The number of rotatable bonds is 6. The maximum absolute atomic E-state index is 10.9. The van der Waals surface area contributed by atoms with Crippen LogP contribution in [-0.4, -0.2) is 58.9 Å². The van der Waals surface area contributed by atoms with Crippen molar-refractivity contribution in [2.24, 2.45) is 5.92 Å². The molecule has 0 aromatic carbocycles. The summed E-state index contributed by atoms with van der Waals surface area (Å²) in [4.78, 5) is 13.0. The highest BCUT2D eigenvalue weighted by atomic mass is 16.4. The molecule has 1 fully saturated rings. The number of β-amino-alcohol motifs (C(OH)–C–C–N with tert-alkyl or cyclic N) is 1. The van der Waals surface area contributed by atoms with E-state index >= 15 is 0 Å². The molecule has 106 valence electrons. The van der Waals surface area contributed by atoms with Gasteiger partial charge in [0.2, 0.25) is 0 Å². The number of hydrogen-bond acceptors (Lipinski definition) is 4. The van der Waals surface area contributed by atoms with Crippen molar-refractivity contribution in [2.75, 3.05) is 26.2 Å². The molecule has 0 aromatic heterocycles. The van der Waals surface area contributed by atoms with Crippen LogP contribution in [0.2, 0.25) is 0 Å². The first-order chi connectivity index (χ1) is 8.31. The summed E-state index contributed by atoms with van der Waals surface area (Å²) in [7, 11) is 0. The van der Waals surface area contributed by atoms with E-state index in [0.29, 0.717) is 12.0 Å². The fourth-order valence-corrected chi connectivity index (χ4v) is 2.37. The second-order valence-electron chi connectivity index (χ2n) is 5.89. The van der Waals surface area contributed by atoms with E-state index in [4.69, 9.17) is 5.11 Å². The predicted octanol–water partition coefficient (Wildman–Crippen LogP) is 0.532. The van der Waals surface area contributed by atoms with Crippen molar-refractivity contribution < 1.29 is 15.0 Å². The van der Waals surface area contributed by atoms with Gasteiger partial charge in [0.25, 0.3) is 0 Å². The van der Waals surface area contributed by atoms with Crippen molar-refractivity contribution in [3.63, 3.8) is 0 Å². The van der Waals surface area contributed by atoms with Crippen molar-refractivity contribution in [3.05, 3.63) is 0 Å². The van der Waals surface area contributed by atoms with Crippen LogP contribution in [-0.2, 0) is 4.79 Å². The number of hydrogen-bond donors (Lipinski definition) is 3. The van der Waals surface area contributed by atoms with E-state index in [1.165, 1.54) is 13.3 Å². The SMILES string of the molecule is CC(C)NCC1CCCN(CC(C)(O)C(=O)O)C1. The van der Waals surface area contributed by atoms with Gasteiger partial charge in [0.1, 0.15) is 0 Å². The molecule has 0 aliphatic carbocycles. The smallest absolute Gasteiger partial charge is 0.336 e. The molecular formula is C13H26N2O3. The Hall–Kier alpha value is -0.650. The number of carbonyl (C=O) groups is 1. The molecule has 2 atom stereocenters. The molecule has 5 heteroatoms. The van der Waals surface area contributed by atoms with E-state index in [0.717, 1.165) is 26.1 Å². The number of nitrogens with zero attached hydrogens (tertiary/aromatic N) is 1. The molecule has 5 nitrogen and oxygen atoms in total. The molecule has 1 aliphatic rings. The topological polar surface area (TPSA) is 72.8 Å². The Labute approximate surface area is 109 Å². The lowest BCUT2D eigenvalue weighted by molar-refractivity contribution is -0.158. The first-order valence-electron chi connectivity index (χ1n) is 6.73. The maximum atomic E-state index is 10.9. The lowest BCUT2D eigenvalue weighted by Gasteiger charge is -2.36. The number of aliphatic carboxylic acids is 1. The summed E-state index contributed by atoms with van der Waals surface area (Å²) < 4.78 is 0. The summed E-state index contributed by atoms with van der Waals surface area (Å²) in [6.45, 7) is 8.52. The second kappa shape index (κ2) is 6.50. The third-order valence-electron chi connectivity index (χ3n) is 3.41. The fraction of sp³-hybridized carbons (Fsp3) is 0.923. The van der Waals surface area contributed by atoms with E-state index in [9.17, 15) is 9.90 Å². The van der Waals surface area contributed by atoms with Gasteiger partial charge in [0.05, 0.1) is 0 Å². The lowest BCUT2D eigenvalue weighted by Crippen LogP contribution is -2.50. The molecule has 1 saturated heterocycles. The van der Waals surface area contributed by atoms with Gasteiger partial charge in [-0.25, -0.2) is 4.79 Å². The number of piperidine rings is 1. The van der Waals surface area contributed by atoms with Crippen LogP contribution in [0.1, 0.15) is 33.6 Å². The molecule has 2 unspecified atom stereocenters. The number of carboxylic acid groups (broad SMARTS) is 1. The van der Waals surface area contributed by atoms with Crippen LogP contribution in [0.25, 0.3) is 0 Å². The summed E-state index contributed by atoms with van der Waals surface area (Å²) in [6.07, 6.45) is 2.24. The minimum Gasteiger partial charge on any atom is -0.479 e. The molecule has 0 spiro atoms. The van der Waals surface area contributed by atoms with Crippen LogP contribution in [0.3, 0.4) is 0 Å². The van der Waals surface area contributed by atoms with Crippen LogP contribution in [0.15, 0.2) is 0 Å². The summed E-state index contributed by atoms with van der Waals surface area (Å²) in [6, 6.07) is 0.475. The maximum Gasteiger partial charge on any atom is 0.336 e.